The van der Waals surface area contributed by atoms with E-state index in [4.69, 9.17) is 4.74 Å². The number of likely N-dealkylation sites (N-methyl/N-ethyl adjacent to an activating group) is 1. The molecule has 1 N–H and O–H groups in total. The highest BCUT2D eigenvalue weighted by atomic mass is 32.2. The van der Waals surface area contributed by atoms with Crippen molar-refractivity contribution in [2.45, 2.75) is 33.6 Å². The fourth-order valence-corrected chi connectivity index (χ4v) is 3.46. The molecule has 9 heteroatoms. The predicted molar refractivity (Wildman–Crippen MR) is 111 cm³/mol. The standard InChI is InChI=1S/C20H26FN3O4S/c1-7-14(9-8-13(3)21)18-17(20(25)22-4)15-10-12(2)19(23-16(11-15)28-18)24(5)29(6,26)27/h8-10H,7,11H2,1-6H3,(H,22,25)/b13-8+,14-9+. The maximum atomic E-state index is 13.3. The summed E-state index contributed by atoms with van der Waals surface area (Å²) in [6, 6.07) is 0. The molecule has 0 fully saturated rings. The number of rotatable bonds is 6. The third kappa shape index (κ3) is 5.03. The van der Waals surface area contributed by atoms with Gasteiger partial charge in [0.15, 0.2) is 0 Å². The van der Waals surface area contributed by atoms with Gasteiger partial charge < -0.3 is 10.1 Å². The van der Waals surface area contributed by atoms with Crippen LogP contribution in [-0.2, 0) is 19.6 Å². The van der Waals surface area contributed by atoms with Crippen molar-refractivity contribution in [2.24, 2.45) is 4.99 Å². The van der Waals surface area contributed by atoms with E-state index in [9.17, 15) is 17.6 Å². The first-order chi connectivity index (χ1) is 13.5. The zero-order valence-corrected chi connectivity index (χ0v) is 18.3. The predicted octanol–water partition coefficient (Wildman–Crippen LogP) is 3.08. The molecule has 1 amide bonds. The van der Waals surface area contributed by atoms with Crippen molar-refractivity contribution >= 4 is 21.8 Å². The van der Waals surface area contributed by atoms with Crippen LogP contribution in [0.4, 0.5) is 4.39 Å². The number of aliphatic imine (C=N–C) groups is 1. The Morgan fingerprint density at radius 2 is 2.07 bits per heavy atom. The third-order valence-electron chi connectivity index (χ3n) is 4.52. The number of nitrogens with one attached hydrogen (secondary N) is 1. The van der Waals surface area contributed by atoms with Crippen molar-refractivity contribution in [2.75, 3.05) is 20.4 Å². The number of ether oxygens (including phenoxy) is 1. The Balaban J connectivity index is 2.72. The fraction of sp³-hybridized carbons (Fsp3) is 0.400. The normalized spacial score (nSPS) is 18.0. The van der Waals surface area contributed by atoms with Crippen molar-refractivity contribution in [3.05, 3.63) is 57.9 Å². The summed E-state index contributed by atoms with van der Waals surface area (Å²) < 4.78 is 44.3. The second kappa shape index (κ2) is 8.77. The van der Waals surface area contributed by atoms with Gasteiger partial charge in [-0.1, -0.05) is 19.1 Å². The van der Waals surface area contributed by atoms with Gasteiger partial charge in [-0.25, -0.2) is 12.8 Å². The molecule has 0 saturated carbocycles. The number of carbonyl (C=O) groups excluding carboxylic acids is 1. The van der Waals surface area contributed by atoms with Crippen molar-refractivity contribution < 1.29 is 22.3 Å². The maximum absolute atomic E-state index is 13.3. The summed E-state index contributed by atoms with van der Waals surface area (Å²) in [4.78, 5) is 17.1. The largest absolute Gasteiger partial charge is 0.441 e. The van der Waals surface area contributed by atoms with E-state index in [0.717, 1.165) is 10.6 Å². The van der Waals surface area contributed by atoms with Gasteiger partial charge in [0.25, 0.3) is 5.91 Å². The van der Waals surface area contributed by atoms with Gasteiger partial charge >= 0.3 is 0 Å². The molecule has 2 bridgehead atoms. The van der Waals surface area contributed by atoms with Gasteiger partial charge in [-0.15, -0.1) is 0 Å². The summed E-state index contributed by atoms with van der Waals surface area (Å²) in [6.45, 7) is 4.92. The Labute approximate surface area is 171 Å². The summed E-state index contributed by atoms with van der Waals surface area (Å²) in [5.74, 6) is 0.0467. The van der Waals surface area contributed by atoms with E-state index >= 15 is 0 Å². The molecule has 0 atom stereocenters. The van der Waals surface area contributed by atoms with Gasteiger partial charge in [0.05, 0.1) is 24.1 Å². The van der Waals surface area contributed by atoms with E-state index in [1.54, 1.807) is 19.1 Å². The number of hydrogen-bond donors (Lipinski definition) is 1. The van der Waals surface area contributed by atoms with Gasteiger partial charge in [0.2, 0.25) is 15.9 Å². The third-order valence-corrected chi connectivity index (χ3v) is 5.69. The van der Waals surface area contributed by atoms with Crippen LogP contribution in [-0.4, -0.2) is 44.9 Å². The summed E-state index contributed by atoms with van der Waals surface area (Å²) >= 11 is 0. The molecule has 2 heterocycles. The van der Waals surface area contributed by atoms with Crippen LogP contribution in [0, 0.1) is 0 Å². The van der Waals surface area contributed by atoms with Crippen LogP contribution in [0.25, 0.3) is 0 Å². The molecule has 29 heavy (non-hydrogen) atoms. The lowest BCUT2D eigenvalue weighted by Crippen LogP contribution is -2.28. The van der Waals surface area contributed by atoms with Crippen LogP contribution < -0.4 is 5.32 Å². The Kier molecular flexibility index (Phi) is 6.84. The minimum Gasteiger partial charge on any atom is -0.441 e. The first-order valence-corrected chi connectivity index (χ1v) is 10.9. The molecule has 2 rings (SSSR count). The lowest BCUT2D eigenvalue weighted by Gasteiger charge is -2.24. The van der Waals surface area contributed by atoms with Crippen molar-refractivity contribution in [3.8, 4) is 0 Å². The summed E-state index contributed by atoms with van der Waals surface area (Å²) in [7, 11) is -0.614. The fourth-order valence-electron chi connectivity index (χ4n) is 2.97. The zero-order chi connectivity index (χ0) is 21.9. The molecule has 2 aliphatic heterocycles. The summed E-state index contributed by atoms with van der Waals surface area (Å²) in [6.07, 6.45) is 6.42. The highest BCUT2D eigenvalue weighted by Crippen LogP contribution is 2.36. The number of sulfonamides is 1. The SMILES string of the molecule is CC/C(=C\C=C(/C)F)C1=C(C(=O)NC)C2=CC(C)=C(N(C)S(C)(=O)=O)N=C(C2)O1. The minimum absolute atomic E-state index is 0.219. The first-order valence-electron chi connectivity index (χ1n) is 9.10. The number of nitrogens with zero attached hydrogens (tertiary/aromatic N) is 2. The Hall–Kier alpha value is -2.68. The van der Waals surface area contributed by atoms with Crippen LogP contribution >= 0.6 is 0 Å². The van der Waals surface area contributed by atoms with Crippen LogP contribution in [0.15, 0.2) is 62.9 Å². The van der Waals surface area contributed by atoms with Crippen LogP contribution in [0.5, 0.6) is 0 Å². The Bertz CT molecular complexity index is 1010. The molecule has 2 aliphatic rings. The van der Waals surface area contributed by atoms with E-state index in [-0.39, 0.29) is 35.6 Å². The second-order valence-electron chi connectivity index (χ2n) is 6.77. The zero-order valence-electron chi connectivity index (χ0n) is 17.5. The number of allylic oxidation sites excluding steroid dienone is 6. The number of fused-ring (bicyclic) bond motifs is 2. The van der Waals surface area contributed by atoms with Crippen LogP contribution in [0.2, 0.25) is 0 Å². The molecule has 0 aromatic heterocycles. The van der Waals surface area contributed by atoms with Gasteiger partial charge in [-0.2, -0.15) is 4.99 Å². The van der Waals surface area contributed by atoms with Crippen LogP contribution in [0.3, 0.4) is 0 Å². The molecule has 7 nitrogen and oxygen atoms in total. The van der Waals surface area contributed by atoms with Crippen molar-refractivity contribution in [3.63, 3.8) is 0 Å². The number of halogens is 1. The Morgan fingerprint density at radius 3 is 2.59 bits per heavy atom. The molecule has 0 saturated heterocycles. The lowest BCUT2D eigenvalue weighted by molar-refractivity contribution is -0.117. The highest BCUT2D eigenvalue weighted by molar-refractivity contribution is 7.88. The molecule has 0 unspecified atom stereocenters. The van der Waals surface area contributed by atoms with E-state index in [2.05, 4.69) is 10.3 Å². The average Bonchev–Trinajstić information content (AvgIpc) is 2.76. The van der Waals surface area contributed by atoms with Gasteiger partial charge in [-0.3, -0.25) is 9.10 Å². The maximum Gasteiger partial charge on any atom is 0.255 e. The quantitative estimate of drug-likeness (QED) is 0.665. The van der Waals surface area contributed by atoms with Crippen LogP contribution in [0.1, 0.15) is 33.6 Å². The summed E-state index contributed by atoms with van der Waals surface area (Å²) in [5.41, 5.74) is 2.18. The van der Waals surface area contributed by atoms with Gasteiger partial charge in [0, 0.05) is 14.1 Å². The molecule has 0 aliphatic carbocycles. The molecule has 0 spiro atoms. The van der Waals surface area contributed by atoms with Crippen molar-refractivity contribution in [1.82, 2.24) is 9.62 Å². The number of carbonyl (C=O) groups is 1. The first kappa shape index (κ1) is 22.6. The Morgan fingerprint density at radius 1 is 1.41 bits per heavy atom. The average molecular weight is 424 g/mol. The summed E-state index contributed by atoms with van der Waals surface area (Å²) in [5, 5.41) is 2.61. The van der Waals surface area contributed by atoms with Gasteiger partial charge in [0.1, 0.15) is 11.6 Å². The highest BCUT2D eigenvalue weighted by Gasteiger charge is 2.32. The number of hydrogen-bond acceptors (Lipinski definition) is 5. The molecule has 0 aromatic carbocycles. The molecule has 158 valence electrons. The van der Waals surface area contributed by atoms with Crippen molar-refractivity contribution in [1.29, 1.82) is 0 Å². The lowest BCUT2D eigenvalue weighted by atomic mass is 9.93. The minimum atomic E-state index is -3.54. The van der Waals surface area contributed by atoms with E-state index < -0.39 is 10.0 Å². The molecule has 0 aromatic rings. The molecular weight excluding hydrogens is 397 g/mol. The molecule has 0 radical (unpaired) electrons. The second-order valence-corrected chi connectivity index (χ2v) is 8.79. The topological polar surface area (TPSA) is 88.1 Å². The van der Waals surface area contributed by atoms with E-state index in [1.165, 1.54) is 27.1 Å². The van der Waals surface area contributed by atoms with E-state index in [1.807, 2.05) is 6.92 Å². The van der Waals surface area contributed by atoms with Gasteiger partial charge in [-0.05, 0) is 43.1 Å². The monoisotopic (exact) mass is 423 g/mol. The number of amides is 1. The smallest absolute Gasteiger partial charge is 0.255 e. The van der Waals surface area contributed by atoms with E-state index in [0.29, 0.717) is 28.7 Å². The molecular formula is C20H26FN3O4S.